The van der Waals surface area contributed by atoms with Crippen LogP contribution in [0.4, 0.5) is 22.0 Å². The highest BCUT2D eigenvalue weighted by atomic mass is 35.5. The van der Waals surface area contributed by atoms with Crippen molar-refractivity contribution in [2.45, 2.75) is 30.2 Å². The lowest BCUT2D eigenvalue weighted by Crippen LogP contribution is -2.62. The van der Waals surface area contributed by atoms with E-state index in [1.165, 1.54) is 0 Å². The van der Waals surface area contributed by atoms with Crippen LogP contribution in [0.1, 0.15) is 33.8 Å². The lowest BCUT2D eigenvalue weighted by Gasteiger charge is -2.47. The summed E-state index contributed by atoms with van der Waals surface area (Å²) in [5, 5.41) is 9.97. The van der Waals surface area contributed by atoms with Crippen LogP contribution in [0.15, 0.2) is 30.6 Å². The molecule has 0 bridgehead atoms. The van der Waals surface area contributed by atoms with Crippen LogP contribution < -0.4 is 5.73 Å². The normalized spacial score (nSPS) is 23.7. The van der Waals surface area contributed by atoms with E-state index in [0.717, 1.165) is 17.2 Å². The van der Waals surface area contributed by atoms with Crippen LogP contribution in [-0.2, 0) is 15.7 Å². The zero-order valence-electron chi connectivity index (χ0n) is 17.9. The number of aromatic nitrogens is 1. The Bertz CT molecular complexity index is 1180. The number of nitrogens with zero attached hydrogens (tertiary/aromatic N) is 2. The van der Waals surface area contributed by atoms with Crippen LogP contribution >= 0.6 is 11.6 Å². The van der Waals surface area contributed by atoms with Gasteiger partial charge < -0.3 is 20.5 Å². The SMILES string of the molecule is NC(=O)[C@@]1([C@@H](c2cc(F)c(Cl)cc2F)C2COC2)CC(O)CN1C(=O)c1cncc(C(F)(F)F)c1. The van der Waals surface area contributed by atoms with Crippen molar-refractivity contribution >= 4 is 23.4 Å². The Morgan fingerprint density at radius 2 is 1.89 bits per heavy atom. The third-order valence-electron chi connectivity index (χ3n) is 6.43. The number of likely N-dealkylation sites (tertiary alicyclic amines) is 1. The van der Waals surface area contributed by atoms with Gasteiger partial charge >= 0.3 is 6.18 Å². The minimum atomic E-state index is -4.80. The van der Waals surface area contributed by atoms with Crippen LogP contribution in [0, 0.1) is 17.6 Å². The van der Waals surface area contributed by atoms with Gasteiger partial charge in [0.05, 0.1) is 35.5 Å². The van der Waals surface area contributed by atoms with Crippen molar-refractivity contribution in [2.24, 2.45) is 11.7 Å². The first-order valence-corrected chi connectivity index (χ1v) is 10.8. The van der Waals surface area contributed by atoms with Gasteiger partial charge in [0.15, 0.2) is 0 Å². The van der Waals surface area contributed by atoms with Gasteiger partial charge in [-0.3, -0.25) is 14.6 Å². The summed E-state index contributed by atoms with van der Waals surface area (Å²) in [6, 6.07) is 2.04. The highest BCUT2D eigenvalue weighted by Gasteiger charge is 2.60. The number of hydrogen-bond acceptors (Lipinski definition) is 5. The van der Waals surface area contributed by atoms with Crippen LogP contribution in [0.3, 0.4) is 0 Å². The van der Waals surface area contributed by atoms with Gasteiger partial charge in [0.25, 0.3) is 5.91 Å². The Labute approximate surface area is 200 Å². The molecule has 3 atom stereocenters. The predicted octanol–water partition coefficient (Wildman–Crippen LogP) is 2.89. The third-order valence-corrected chi connectivity index (χ3v) is 6.72. The van der Waals surface area contributed by atoms with Crippen molar-refractivity contribution < 1.29 is 41.4 Å². The quantitative estimate of drug-likeness (QED) is 0.467. The van der Waals surface area contributed by atoms with Crippen LogP contribution in [-0.4, -0.2) is 58.2 Å². The maximum absolute atomic E-state index is 15.1. The maximum atomic E-state index is 15.1. The van der Waals surface area contributed by atoms with E-state index in [0.29, 0.717) is 18.3 Å². The molecular weight excluding hydrogens is 501 g/mol. The molecule has 0 radical (unpaired) electrons. The minimum Gasteiger partial charge on any atom is -0.391 e. The molecule has 4 rings (SSSR count). The van der Waals surface area contributed by atoms with E-state index in [-0.39, 0.29) is 18.8 Å². The molecule has 13 heteroatoms. The van der Waals surface area contributed by atoms with Gasteiger partial charge in [-0.05, 0) is 23.8 Å². The zero-order chi connectivity index (χ0) is 25.7. The number of alkyl halides is 3. The molecule has 0 aliphatic carbocycles. The molecule has 2 saturated heterocycles. The maximum Gasteiger partial charge on any atom is 0.417 e. The molecule has 1 aromatic carbocycles. The average molecular weight is 520 g/mol. The van der Waals surface area contributed by atoms with Crippen molar-refractivity contribution in [1.29, 1.82) is 0 Å². The number of primary amides is 1. The number of amides is 2. The summed E-state index contributed by atoms with van der Waals surface area (Å²) < 4.78 is 74.2. The first-order valence-electron chi connectivity index (χ1n) is 10.4. The van der Waals surface area contributed by atoms with E-state index in [4.69, 9.17) is 22.1 Å². The topological polar surface area (TPSA) is 106 Å². The summed E-state index contributed by atoms with van der Waals surface area (Å²) in [7, 11) is 0. The van der Waals surface area contributed by atoms with Gasteiger partial charge in [0, 0.05) is 37.2 Å². The molecule has 3 N–H and O–H groups in total. The molecule has 2 aliphatic rings. The number of pyridine rings is 1. The number of rotatable bonds is 5. The van der Waals surface area contributed by atoms with Crippen LogP contribution in [0.5, 0.6) is 0 Å². The summed E-state index contributed by atoms with van der Waals surface area (Å²) in [5.74, 6) is -6.12. The molecule has 2 aliphatic heterocycles. The van der Waals surface area contributed by atoms with Gasteiger partial charge in [0.1, 0.15) is 17.2 Å². The largest absolute Gasteiger partial charge is 0.417 e. The monoisotopic (exact) mass is 519 g/mol. The number of aliphatic hydroxyl groups is 1. The van der Waals surface area contributed by atoms with E-state index >= 15 is 4.39 Å². The lowest BCUT2D eigenvalue weighted by atomic mass is 9.68. The Kier molecular flexibility index (Phi) is 6.49. The lowest BCUT2D eigenvalue weighted by molar-refractivity contribution is -0.138. The van der Waals surface area contributed by atoms with Gasteiger partial charge in [0.2, 0.25) is 5.91 Å². The van der Waals surface area contributed by atoms with E-state index in [2.05, 4.69) is 4.98 Å². The number of carbonyl (C=O) groups is 2. The predicted molar refractivity (Wildman–Crippen MR) is 111 cm³/mol. The van der Waals surface area contributed by atoms with Crippen molar-refractivity contribution in [3.63, 3.8) is 0 Å². The van der Waals surface area contributed by atoms with E-state index < -0.39 is 82.2 Å². The summed E-state index contributed by atoms with van der Waals surface area (Å²) in [6.07, 6.45) is -5.18. The number of nitrogens with two attached hydrogens (primary N) is 1. The minimum absolute atomic E-state index is 0.00657. The Hall–Kier alpha value is -2.83. The van der Waals surface area contributed by atoms with E-state index in [1.807, 2.05) is 0 Å². The zero-order valence-corrected chi connectivity index (χ0v) is 18.6. The molecule has 1 unspecified atom stereocenters. The average Bonchev–Trinajstić information content (AvgIpc) is 3.10. The molecule has 35 heavy (non-hydrogen) atoms. The van der Waals surface area contributed by atoms with Crippen molar-refractivity contribution in [3.8, 4) is 0 Å². The molecule has 0 saturated carbocycles. The molecule has 188 valence electrons. The highest BCUT2D eigenvalue weighted by Crippen LogP contribution is 2.49. The first-order chi connectivity index (χ1) is 16.4. The number of β-amino-alcohol motifs (C(OH)–C–C–N with tert-alkyl or cyclic N) is 1. The number of ether oxygens (including phenoxy) is 1. The summed E-state index contributed by atoms with van der Waals surface area (Å²) >= 11 is 5.67. The molecule has 3 heterocycles. The molecule has 2 aromatic rings. The fourth-order valence-corrected chi connectivity index (χ4v) is 5.00. The molecule has 7 nitrogen and oxygen atoms in total. The second-order valence-corrected chi connectivity index (χ2v) is 8.99. The fraction of sp³-hybridized carbons (Fsp3) is 0.409. The van der Waals surface area contributed by atoms with Gasteiger partial charge in [-0.25, -0.2) is 8.78 Å². The smallest absolute Gasteiger partial charge is 0.391 e. The second-order valence-electron chi connectivity index (χ2n) is 8.59. The van der Waals surface area contributed by atoms with Crippen molar-refractivity contribution in [3.05, 3.63) is 63.9 Å². The summed E-state index contributed by atoms with van der Waals surface area (Å²) in [4.78, 5) is 30.7. The molecule has 2 amide bonds. The van der Waals surface area contributed by atoms with Gasteiger partial charge in [-0.2, -0.15) is 13.2 Å². The van der Waals surface area contributed by atoms with Crippen molar-refractivity contribution in [2.75, 3.05) is 19.8 Å². The summed E-state index contributed by atoms with van der Waals surface area (Å²) in [5.41, 5.74) is 1.59. The van der Waals surface area contributed by atoms with Gasteiger partial charge in [-0.15, -0.1) is 0 Å². The standard InChI is InChI=1S/C22H19ClF5N3O4/c23-15-3-16(24)14(2-17(15)25)18(11-8-35-9-11)21(20(29)34)4-13(32)7-31(21)19(33)10-1-12(6-30-5-10)22(26,27)28/h1-3,5-6,11,13,18,32H,4,7-9H2,(H2,29,34)/t13?,18-,21+/m1/s1. The molecule has 0 spiro atoms. The molecule has 2 fully saturated rings. The Morgan fingerprint density at radius 3 is 2.46 bits per heavy atom. The number of hydrogen-bond donors (Lipinski definition) is 2. The molecular formula is C22H19ClF5N3O4. The second kappa shape index (κ2) is 8.99. The Morgan fingerprint density at radius 1 is 1.20 bits per heavy atom. The van der Waals surface area contributed by atoms with Gasteiger partial charge in [-0.1, -0.05) is 11.6 Å². The number of carbonyl (C=O) groups excluding carboxylic acids is 2. The fourth-order valence-electron chi connectivity index (χ4n) is 4.84. The highest BCUT2D eigenvalue weighted by molar-refractivity contribution is 6.30. The number of aliphatic hydroxyl groups excluding tert-OH is 1. The van der Waals surface area contributed by atoms with E-state index in [9.17, 15) is 32.3 Å². The number of halogens is 6. The Balaban J connectivity index is 1.88. The summed E-state index contributed by atoms with van der Waals surface area (Å²) in [6.45, 7) is -0.473. The number of benzene rings is 1. The van der Waals surface area contributed by atoms with E-state index in [1.54, 1.807) is 0 Å². The first kappa shape index (κ1) is 25.3. The molecule has 1 aromatic heterocycles. The third kappa shape index (κ3) is 4.34. The van der Waals surface area contributed by atoms with Crippen LogP contribution in [0.25, 0.3) is 0 Å². The van der Waals surface area contributed by atoms with Crippen LogP contribution in [0.2, 0.25) is 5.02 Å². The van der Waals surface area contributed by atoms with Crippen molar-refractivity contribution in [1.82, 2.24) is 9.88 Å².